The topological polar surface area (TPSA) is 25.2 Å². The summed E-state index contributed by atoms with van der Waals surface area (Å²) in [5.74, 6) is 0.412. The number of hydrogen-bond donors (Lipinski definition) is 0. The number of benzene rings is 2. The number of nitrogens with zero attached hydrogens (tertiary/aromatic N) is 2. The first-order valence-electron chi connectivity index (χ1n) is 8.09. The van der Waals surface area contributed by atoms with Gasteiger partial charge in [-0.1, -0.05) is 30.3 Å². The first kappa shape index (κ1) is 16.0. The highest BCUT2D eigenvalue weighted by Crippen LogP contribution is 2.39. The third-order valence-corrected chi connectivity index (χ3v) is 5.55. The molecule has 1 saturated heterocycles. The molecule has 126 valence electrons. The lowest BCUT2D eigenvalue weighted by Crippen LogP contribution is -2.27. The Labute approximate surface area is 150 Å². The molecule has 1 amide bonds. The average molecular weight is 352 g/mol. The van der Waals surface area contributed by atoms with E-state index in [0.29, 0.717) is 12.3 Å². The minimum Gasteiger partial charge on any atom is -0.323 e. The van der Waals surface area contributed by atoms with E-state index in [-0.39, 0.29) is 17.1 Å². The zero-order valence-electron chi connectivity index (χ0n) is 13.5. The second-order valence-corrected chi connectivity index (χ2v) is 7.07. The van der Waals surface area contributed by atoms with Gasteiger partial charge in [0.15, 0.2) is 0 Å². The molecule has 1 aliphatic rings. The molecule has 0 unspecified atom stereocenters. The van der Waals surface area contributed by atoms with Gasteiger partial charge >= 0.3 is 0 Å². The van der Waals surface area contributed by atoms with Crippen molar-refractivity contribution in [2.24, 2.45) is 0 Å². The number of amides is 1. The van der Waals surface area contributed by atoms with Crippen LogP contribution >= 0.6 is 11.8 Å². The van der Waals surface area contributed by atoms with Crippen LogP contribution in [0, 0.1) is 5.82 Å². The van der Waals surface area contributed by atoms with E-state index in [1.165, 1.54) is 12.1 Å². The number of aromatic nitrogens is 1. The zero-order chi connectivity index (χ0) is 17.2. The minimum absolute atomic E-state index is 0.00871. The molecule has 0 spiro atoms. The summed E-state index contributed by atoms with van der Waals surface area (Å²) in [5.41, 5.74) is 3.11. The van der Waals surface area contributed by atoms with Crippen LogP contribution in [-0.2, 0) is 11.3 Å². The molecule has 2 aromatic carbocycles. The second-order valence-electron chi connectivity index (χ2n) is 6.00. The highest BCUT2D eigenvalue weighted by Gasteiger charge is 2.33. The fourth-order valence-electron chi connectivity index (χ4n) is 3.01. The molecule has 1 atom stereocenters. The Balaban J connectivity index is 1.58. The Morgan fingerprint density at radius 3 is 2.56 bits per heavy atom. The molecule has 0 bridgehead atoms. The predicted molar refractivity (Wildman–Crippen MR) is 97.9 cm³/mol. The third-order valence-electron chi connectivity index (χ3n) is 4.29. The van der Waals surface area contributed by atoms with Gasteiger partial charge in [0, 0.05) is 30.2 Å². The van der Waals surface area contributed by atoms with Gasteiger partial charge < -0.3 is 9.47 Å². The van der Waals surface area contributed by atoms with E-state index < -0.39 is 0 Å². The molecule has 1 aliphatic heterocycles. The number of rotatable bonds is 4. The van der Waals surface area contributed by atoms with E-state index in [4.69, 9.17) is 0 Å². The Morgan fingerprint density at radius 1 is 1.04 bits per heavy atom. The van der Waals surface area contributed by atoms with Crippen LogP contribution in [0.5, 0.6) is 0 Å². The highest BCUT2D eigenvalue weighted by atomic mass is 32.2. The van der Waals surface area contributed by atoms with Crippen molar-refractivity contribution in [1.29, 1.82) is 0 Å². The van der Waals surface area contributed by atoms with Crippen molar-refractivity contribution in [2.75, 3.05) is 5.75 Å². The monoisotopic (exact) mass is 352 g/mol. The molecular formula is C20H17FN2OS. The lowest BCUT2D eigenvalue weighted by Gasteiger charge is -2.23. The molecule has 4 rings (SSSR count). The van der Waals surface area contributed by atoms with E-state index in [1.54, 1.807) is 23.9 Å². The van der Waals surface area contributed by atoms with Gasteiger partial charge in [-0.25, -0.2) is 4.39 Å². The second kappa shape index (κ2) is 6.76. The minimum atomic E-state index is -0.248. The lowest BCUT2D eigenvalue weighted by molar-refractivity contribution is -0.128. The largest absolute Gasteiger partial charge is 0.323 e. The van der Waals surface area contributed by atoms with Crippen LogP contribution in [0.2, 0.25) is 0 Å². The van der Waals surface area contributed by atoms with Gasteiger partial charge in [-0.3, -0.25) is 4.79 Å². The van der Waals surface area contributed by atoms with Crippen molar-refractivity contribution < 1.29 is 9.18 Å². The van der Waals surface area contributed by atoms with Gasteiger partial charge in [0.2, 0.25) is 5.91 Å². The van der Waals surface area contributed by atoms with E-state index in [1.807, 2.05) is 58.3 Å². The summed E-state index contributed by atoms with van der Waals surface area (Å²) < 4.78 is 15.1. The Kier molecular flexibility index (Phi) is 4.32. The first-order chi connectivity index (χ1) is 12.2. The van der Waals surface area contributed by atoms with Crippen molar-refractivity contribution in [3.05, 3.63) is 90.0 Å². The normalized spacial score (nSPS) is 17.2. The summed E-state index contributed by atoms with van der Waals surface area (Å²) in [4.78, 5) is 14.3. The van der Waals surface area contributed by atoms with E-state index in [9.17, 15) is 9.18 Å². The first-order valence-corrected chi connectivity index (χ1v) is 9.14. The van der Waals surface area contributed by atoms with Crippen LogP contribution < -0.4 is 0 Å². The molecule has 1 aromatic heterocycles. The molecule has 0 saturated carbocycles. The molecule has 5 heteroatoms. The van der Waals surface area contributed by atoms with Gasteiger partial charge in [0.1, 0.15) is 11.2 Å². The van der Waals surface area contributed by atoms with Crippen LogP contribution in [0.25, 0.3) is 5.69 Å². The SMILES string of the molecule is O=C1CS[C@H](c2ccn(-c3ccc(F)cc3)c2)N1Cc1ccccc1. The van der Waals surface area contributed by atoms with Gasteiger partial charge in [0.25, 0.3) is 0 Å². The quantitative estimate of drug-likeness (QED) is 0.696. The Hall–Kier alpha value is -2.53. The van der Waals surface area contributed by atoms with Gasteiger partial charge in [-0.05, 0) is 35.9 Å². The Morgan fingerprint density at radius 2 is 1.80 bits per heavy atom. The summed E-state index contributed by atoms with van der Waals surface area (Å²) in [7, 11) is 0. The van der Waals surface area contributed by atoms with E-state index in [0.717, 1.165) is 16.8 Å². The summed E-state index contributed by atoms with van der Waals surface area (Å²) >= 11 is 1.64. The zero-order valence-corrected chi connectivity index (χ0v) is 14.3. The molecule has 2 heterocycles. The molecule has 3 nitrogen and oxygen atoms in total. The van der Waals surface area contributed by atoms with Crippen molar-refractivity contribution in [3.63, 3.8) is 0 Å². The van der Waals surface area contributed by atoms with Crippen LogP contribution in [0.15, 0.2) is 73.1 Å². The number of halogens is 1. The fourth-order valence-corrected chi connectivity index (χ4v) is 4.18. The average Bonchev–Trinajstić information content (AvgIpc) is 3.24. The molecule has 0 radical (unpaired) electrons. The Bertz CT molecular complexity index is 876. The van der Waals surface area contributed by atoms with Crippen LogP contribution in [0.4, 0.5) is 4.39 Å². The van der Waals surface area contributed by atoms with Crippen molar-refractivity contribution in [2.45, 2.75) is 11.9 Å². The standard InChI is InChI=1S/C20H17FN2OS/c21-17-6-8-18(9-7-17)22-11-10-16(13-22)20-23(19(24)14-25-20)12-15-4-2-1-3-5-15/h1-11,13,20H,12,14H2/t20-/m1/s1. The smallest absolute Gasteiger partial charge is 0.234 e. The summed E-state index contributed by atoms with van der Waals surface area (Å²) in [6.45, 7) is 0.610. The molecular weight excluding hydrogens is 335 g/mol. The summed E-state index contributed by atoms with van der Waals surface area (Å²) in [5, 5.41) is 0.00871. The maximum Gasteiger partial charge on any atom is 0.234 e. The van der Waals surface area contributed by atoms with Crippen molar-refractivity contribution >= 4 is 17.7 Å². The summed E-state index contributed by atoms with van der Waals surface area (Å²) in [6, 6.07) is 18.4. The van der Waals surface area contributed by atoms with Gasteiger partial charge in [0.05, 0.1) is 5.75 Å². The highest BCUT2D eigenvalue weighted by molar-refractivity contribution is 8.00. The maximum absolute atomic E-state index is 13.1. The number of thioether (sulfide) groups is 1. The number of hydrogen-bond acceptors (Lipinski definition) is 2. The number of carbonyl (C=O) groups is 1. The molecule has 0 aliphatic carbocycles. The van der Waals surface area contributed by atoms with Gasteiger partial charge in [-0.2, -0.15) is 0 Å². The van der Waals surface area contributed by atoms with Gasteiger partial charge in [-0.15, -0.1) is 11.8 Å². The molecule has 25 heavy (non-hydrogen) atoms. The lowest BCUT2D eigenvalue weighted by atomic mass is 10.2. The maximum atomic E-state index is 13.1. The van der Waals surface area contributed by atoms with E-state index >= 15 is 0 Å². The summed E-state index contributed by atoms with van der Waals surface area (Å²) in [6.07, 6.45) is 3.97. The van der Waals surface area contributed by atoms with E-state index in [2.05, 4.69) is 0 Å². The van der Waals surface area contributed by atoms with Crippen LogP contribution in [0.3, 0.4) is 0 Å². The van der Waals surface area contributed by atoms with Crippen LogP contribution in [0.1, 0.15) is 16.5 Å². The fraction of sp³-hybridized carbons (Fsp3) is 0.150. The van der Waals surface area contributed by atoms with Crippen molar-refractivity contribution in [3.8, 4) is 5.69 Å². The number of carbonyl (C=O) groups excluding carboxylic acids is 1. The predicted octanol–water partition coefficient (Wildman–Crippen LogP) is 4.39. The third kappa shape index (κ3) is 3.33. The molecule has 3 aromatic rings. The molecule has 0 N–H and O–H groups in total. The van der Waals surface area contributed by atoms with Crippen LogP contribution in [-0.4, -0.2) is 21.1 Å². The van der Waals surface area contributed by atoms with Crippen molar-refractivity contribution in [1.82, 2.24) is 9.47 Å². The molecule has 1 fully saturated rings.